The lowest BCUT2D eigenvalue weighted by atomic mass is 10.1. The van der Waals surface area contributed by atoms with Gasteiger partial charge in [-0.15, -0.1) is 0 Å². The lowest BCUT2D eigenvalue weighted by molar-refractivity contribution is 0.102. The molecule has 0 radical (unpaired) electrons. The van der Waals surface area contributed by atoms with Crippen molar-refractivity contribution in [3.05, 3.63) is 76.4 Å². The first-order valence-electron chi connectivity index (χ1n) is 8.36. The van der Waals surface area contributed by atoms with Crippen LogP contribution in [0.25, 0.3) is 11.3 Å². The molecular formula is C20H16Cl2N2O3S. The fourth-order valence-corrected chi connectivity index (χ4v) is 4.01. The van der Waals surface area contributed by atoms with Gasteiger partial charge in [-0.3, -0.25) is 9.78 Å². The van der Waals surface area contributed by atoms with E-state index in [2.05, 4.69) is 10.3 Å². The SMILES string of the molecule is CCS(=O)(=O)c1ccc(C(=O)Nc2ccc(Cl)c(-c3ccccn3)c2)c(Cl)c1. The molecule has 0 spiro atoms. The highest BCUT2D eigenvalue weighted by Crippen LogP contribution is 2.30. The number of halogens is 2. The Morgan fingerprint density at radius 3 is 2.46 bits per heavy atom. The van der Waals surface area contributed by atoms with Crippen LogP contribution in [0.5, 0.6) is 0 Å². The van der Waals surface area contributed by atoms with E-state index in [0.717, 1.165) is 0 Å². The van der Waals surface area contributed by atoms with Crippen LogP contribution < -0.4 is 5.32 Å². The molecule has 8 heteroatoms. The maximum atomic E-state index is 12.6. The fraction of sp³-hybridized carbons (Fsp3) is 0.100. The molecule has 2 aromatic carbocycles. The minimum Gasteiger partial charge on any atom is -0.322 e. The zero-order chi connectivity index (χ0) is 20.3. The van der Waals surface area contributed by atoms with Crippen LogP contribution in [-0.2, 0) is 9.84 Å². The molecule has 0 aliphatic rings. The van der Waals surface area contributed by atoms with E-state index in [-0.39, 0.29) is 21.2 Å². The van der Waals surface area contributed by atoms with Gasteiger partial charge in [0.2, 0.25) is 0 Å². The Balaban J connectivity index is 1.88. The second-order valence-corrected chi connectivity index (χ2v) is 9.00. The number of carbonyl (C=O) groups is 1. The summed E-state index contributed by atoms with van der Waals surface area (Å²) in [6, 6.07) is 14.6. The number of aromatic nitrogens is 1. The third-order valence-electron chi connectivity index (χ3n) is 4.09. The van der Waals surface area contributed by atoms with Crippen molar-refractivity contribution in [1.82, 2.24) is 4.98 Å². The predicted molar refractivity (Wildman–Crippen MR) is 112 cm³/mol. The summed E-state index contributed by atoms with van der Waals surface area (Å²) in [5.74, 6) is -0.504. The first-order valence-corrected chi connectivity index (χ1v) is 10.8. The van der Waals surface area contributed by atoms with Gasteiger partial charge in [0.25, 0.3) is 5.91 Å². The Morgan fingerprint density at radius 2 is 1.82 bits per heavy atom. The van der Waals surface area contributed by atoms with Crippen molar-refractivity contribution in [2.24, 2.45) is 0 Å². The summed E-state index contributed by atoms with van der Waals surface area (Å²) in [7, 11) is -3.40. The van der Waals surface area contributed by atoms with E-state index < -0.39 is 15.7 Å². The molecule has 3 rings (SSSR count). The molecule has 28 heavy (non-hydrogen) atoms. The standard InChI is InChI=1S/C20H16Cl2N2O3S/c1-2-28(26,27)14-7-8-15(18(22)12-14)20(25)24-13-6-9-17(21)16(11-13)19-5-3-4-10-23-19/h3-12H,2H2,1H3,(H,24,25). The Morgan fingerprint density at radius 1 is 1.04 bits per heavy atom. The van der Waals surface area contributed by atoms with E-state index >= 15 is 0 Å². The Labute approximate surface area is 173 Å². The van der Waals surface area contributed by atoms with Crippen molar-refractivity contribution in [1.29, 1.82) is 0 Å². The van der Waals surface area contributed by atoms with E-state index in [4.69, 9.17) is 23.2 Å². The monoisotopic (exact) mass is 434 g/mol. The van der Waals surface area contributed by atoms with Crippen LogP contribution in [-0.4, -0.2) is 25.1 Å². The van der Waals surface area contributed by atoms with Crippen LogP contribution in [0.2, 0.25) is 10.0 Å². The number of hydrogen-bond donors (Lipinski definition) is 1. The molecule has 0 saturated heterocycles. The Kier molecular flexibility index (Phi) is 6.03. The van der Waals surface area contributed by atoms with Gasteiger partial charge in [0.15, 0.2) is 9.84 Å². The van der Waals surface area contributed by atoms with Crippen molar-refractivity contribution >= 4 is 44.6 Å². The Bertz CT molecular complexity index is 1130. The smallest absolute Gasteiger partial charge is 0.257 e. The highest BCUT2D eigenvalue weighted by Gasteiger charge is 2.17. The number of pyridine rings is 1. The molecule has 0 unspecified atom stereocenters. The second kappa shape index (κ2) is 8.31. The van der Waals surface area contributed by atoms with Crippen LogP contribution in [0, 0.1) is 0 Å². The minimum absolute atomic E-state index is 0.0457. The summed E-state index contributed by atoms with van der Waals surface area (Å²) in [6.07, 6.45) is 1.66. The van der Waals surface area contributed by atoms with Gasteiger partial charge in [0, 0.05) is 17.4 Å². The highest BCUT2D eigenvalue weighted by atomic mass is 35.5. The largest absolute Gasteiger partial charge is 0.322 e. The van der Waals surface area contributed by atoms with Gasteiger partial charge < -0.3 is 5.32 Å². The number of hydrogen-bond acceptors (Lipinski definition) is 4. The molecule has 0 aliphatic heterocycles. The van der Waals surface area contributed by atoms with Crippen LogP contribution in [0.15, 0.2) is 65.7 Å². The molecule has 1 heterocycles. The number of nitrogens with zero attached hydrogens (tertiary/aromatic N) is 1. The molecule has 1 amide bonds. The minimum atomic E-state index is -3.40. The molecule has 0 bridgehead atoms. The third kappa shape index (κ3) is 4.35. The van der Waals surface area contributed by atoms with E-state index in [0.29, 0.717) is 22.0 Å². The number of carbonyl (C=O) groups excluding carboxylic acids is 1. The van der Waals surface area contributed by atoms with Gasteiger partial charge in [-0.2, -0.15) is 0 Å². The van der Waals surface area contributed by atoms with Crippen molar-refractivity contribution in [3.8, 4) is 11.3 Å². The summed E-state index contributed by atoms with van der Waals surface area (Å²) in [5.41, 5.74) is 2.04. The molecule has 1 aromatic heterocycles. The quantitative estimate of drug-likeness (QED) is 0.605. The summed E-state index contributed by atoms with van der Waals surface area (Å²) in [6.45, 7) is 1.55. The van der Waals surface area contributed by atoms with Crippen molar-refractivity contribution in [2.75, 3.05) is 11.1 Å². The molecule has 3 aromatic rings. The van der Waals surface area contributed by atoms with Crippen molar-refractivity contribution in [2.45, 2.75) is 11.8 Å². The van der Waals surface area contributed by atoms with Crippen LogP contribution in [0.3, 0.4) is 0 Å². The maximum absolute atomic E-state index is 12.6. The first kappa shape index (κ1) is 20.3. The van der Waals surface area contributed by atoms with E-state index in [9.17, 15) is 13.2 Å². The Hall–Kier alpha value is -2.41. The number of amides is 1. The molecule has 0 saturated carbocycles. The normalized spacial score (nSPS) is 11.2. The summed E-state index contributed by atoms with van der Waals surface area (Å²) in [4.78, 5) is 17.0. The molecular weight excluding hydrogens is 419 g/mol. The van der Waals surface area contributed by atoms with Gasteiger partial charge in [-0.25, -0.2) is 8.42 Å². The van der Waals surface area contributed by atoms with Gasteiger partial charge in [0.1, 0.15) is 0 Å². The predicted octanol–water partition coefficient (Wildman–Crippen LogP) is 5.10. The fourth-order valence-electron chi connectivity index (χ4n) is 2.56. The third-order valence-corrected chi connectivity index (χ3v) is 6.46. The highest BCUT2D eigenvalue weighted by molar-refractivity contribution is 7.91. The van der Waals surface area contributed by atoms with Gasteiger partial charge in [0.05, 0.1) is 32.0 Å². The van der Waals surface area contributed by atoms with Crippen LogP contribution >= 0.6 is 23.2 Å². The number of benzene rings is 2. The molecule has 0 aliphatic carbocycles. The number of sulfone groups is 1. The van der Waals surface area contributed by atoms with Gasteiger partial charge in [-0.1, -0.05) is 36.2 Å². The number of nitrogens with one attached hydrogen (secondary N) is 1. The topological polar surface area (TPSA) is 76.1 Å². The molecule has 0 atom stereocenters. The van der Waals surface area contributed by atoms with Gasteiger partial charge >= 0.3 is 0 Å². The summed E-state index contributed by atoms with van der Waals surface area (Å²) < 4.78 is 23.9. The average molecular weight is 435 g/mol. The van der Waals surface area contributed by atoms with Crippen molar-refractivity contribution in [3.63, 3.8) is 0 Å². The molecule has 5 nitrogen and oxygen atoms in total. The average Bonchev–Trinajstić information content (AvgIpc) is 2.69. The second-order valence-electron chi connectivity index (χ2n) is 5.91. The zero-order valence-corrected chi connectivity index (χ0v) is 17.1. The molecule has 0 fully saturated rings. The van der Waals surface area contributed by atoms with E-state index in [1.807, 2.05) is 12.1 Å². The number of rotatable bonds is 5. The summed E-state index contributed by atoms with van der Waals surface area (Å²) in [5, 5.41) is 3.31. The van der Waals surface area contributed by atoms with Crippen LogP contribution in [0.1, 0.15) is 17.3 Å². The van der Waals surface area contributed by atoms with E-state index in [1.165, 1.54) is 18.2 Å². The molecule has 1 N–H and O–H groups in total. The number of anilines is 1. The van der Waals surface area contributed by atoms with E-state index in [1.54, 1.807) is 37.4 Å². The van der Waals surface area contributed by atoms with Gasteiger partial charge in [-0.05, 0) is 48.5 Å². The van der Waals surface area contributed by atoms with Crippen molar-refractivity contribution < 1.29 is 13.2 Å². The first-order chi connectivity index (χ1) is 13.3. The lowest BCUT2D eigenvalue weighted by Crippen LogP contribution is -2.13. The lowest BCUT2D eigenvalue weighted by Gasteiger charge is -2.11. The zero-order valence-electron chi connectivity index (χ0n) is 14.8. The molecule has 144 valence electrons. The van der Waals surface area contributed by atoms with Crippen LogP contribution in [0.4, 0.5) is 5.69 Å². The maximum Gasteiger partial charge on any atom is 0.257 e. The summed E-state index contributed by atoms with van der Waals surface area (Å²) >= 11 is 12.4.